The molecule has 0 radical (unpaired) electrons. The second-order valence-corrected chi connectivity index (χ2v) is 6.00. The van der Waals surface area contributed by atoms with Crippen LogP contribution in [0.1, 0.15) is 11.4 Å². The van der Waals surface area contributed by atoms with Gasteiger partial charge in [-0.2, -0.15) is 0 Å². The summed E-state index contributed by atoms with van der Waals surface area (Å²) in [6.45, 7) is 0.416. The van der Waals surface area contributed by atoms with Crippen molar-refractivity contribution < 1.29 is 4.39 Å². The maximum absolute atomic E-state index is 13.0. The summed E-state index contributed by atoms with van der Waals surface area (Å²) in [5, 5.41) is 8.85. The van der Waals surface area contributed by atoms with E-state index in [4.69, 9.17) is 11.6 Å². The third-order valence-electron chi connectivity index (χ3n) is 4.23. The Balaban J connectivity index is 1.87. The van der Waals surface area contributed by atoms with Crippen molar-refractivity contribution in [3.05, 3.63) is 76.1 Å². The number of alkyl halides is 1. The van der Waals surface area contributed by atoms with Gasteiger partial charge in [-0.25, -0.2) is 4.39 Å². The Morgan fingerprint density at radius 1 is 1.04 bits per heavy atom. The van der Waals surface area contributed by atoms with E-state index < -0.39 is 0 Å². The largest absolute Gasteiger partial charge is 0.276 e. The Morgan fingerprint density at radius 3 is 2.56 bits per heavy atom. The first-order chi connectivity index (χ1) is 12.2. The van der Waals surface area contributed by atoms with Gasteiger partial charge in [-0.1, -0.05) is 24.3 Å². The summed E-state index contributed by atoms with van der Waals surface area (Å²) in [5.74, 6) is 0.963. The summed E-state index contributed by atoms with van der Waals surface area (Å²) in [4.78, 5) is 12.9. The third-order valence-corrected chi connectivity index (χ3v) is 4.47. The first-order valence-corrected chi connectivity index (χ1v) is 8.38. The van der Waals surface area contributed by atoms with E-state index in [1.54, 1.807) is 22.8 Å². The van der Waals surface area contributed by atoms with Gasteiger partial charge in [-0.05, 0) is 36.2 Å². The minimum absolute atomic E-state index is 0.126. The van der Waals surface area contributed by atoms with Crippen molar-refractivity contribution in [1.29, 1.82) is 0 Å². The average molecular weight is 357 g/mol. The minimum Gasteiger partial charge on any atom is -0.276 e. The molecule has 0 unspecified atom stereocenters. The molecule has 4 aromatic rings. The van der Waals surface area contributed by atoms with E-state index in [0.29, 0.717) is 30.0 Å². The summed E-state index contributed by atoms with van der Waals surface area (Å²) in [7, 11) is 0. The average Bonchev–Trinajstić information content (AvgIpc) is 3.07. The lowest BCUT2D eigenvalue weighted by molar-refractivity contribution is 0.625. The molecule has 126 valence electrons. The van der Waals surface area contributed by atoms with Gasteiger partial charge in [0.15, 0.2) is 5.82 Å². The van der Waals surface area contributed by atoms with Gasteiger partial charge in [0.1, 0.15) is 5.82 Å². The molecule has 2 aromatic heterocycles. The van der Waals surface area contributed by atoms with Crippen molar-refractivity contribution >= 4 is 28.3 Å². The monoisotopic (exact) mass is 356 g/mol. The molecule has 0 aliphatic heterocycles. The maximum atomic E-state index is 13.0. The van der Waals surface area contributed by atoms with Gasteiger partial charge >= 0.3 is 0 Å². The summed E-state index contributed by atoms with van der Waals surface area (Å²) < 4.78 is 16.5. The third kappa shape index (κ3) is 2.68. The Labute approximate surface area is 147 Å². The Bertz CT molecular complexity index is 1120. The summed E-state index contributed by atoms with van der Waals surface area (Å²) in [6.07, 6.45) is 0.581. The van der Waals surface area contributed by atoms with Crippen LogP contribution in [-0.4, -0.2) is 19.2 Å². The fourth-order valence-corrected chi connectivity index (χ4v) is 3.17. The lowest BCUT2D eigenvalue weighted by atomic mass is 10.1. The van der Waals surface area contributed by atoms with Gasteiger partial charge < -0.3 is 0 Å². The predicted molar refractivity (Wildman–Crippen MR) is 94.4 cm³/mol. The lowest BCUT2D eigenvalue weighted by Gasteiger charge is -2.11. The van der Waals surface area contributed by atoms with E-state index in [2.05, 4.69) is 10.2 Å². The van der Waals surface area contributed by atoms with Crippen molar-refractivity contribution in [2.75, 3.05) is 0 Å². The minimum atomic E-state index is -0.279. The first-order valence-electron chi connectivity index (χ1n) is 7.85. The molecular formula is C18H14ClFN4O. The van der Waals surface area contributed by atoms with Crippen LogP contribution < -0.4 is 5.56 Å². The highest BCUT2D eigenvalue weighted by Crippen LogP contribution is 2.16. The zero-order valence-corrected chi connectivity index (χ0v) is 13.9. The molecule has 7 heteroatoms. The zero-order chi connectivity index (χ0) is 17.4. The number of fused-ring (bicyclic) bond motifs is 3. The quantitative estimate of drug-likeness (QED) is 0.528. The Morgan fingerprint density at radius 2 is 1.80 bits per heavy atom. The van der Waals surface area contributed by atoms with Gasteiger partial charge in [-0.3, -0.25) is 13.8 Å². The fourth-order valence-electron chi connectivity index (χ4n) is 2.99. The van der Waals surface area contributed by atoms with Crippen molar-refractivity contribution in [1.82, 2.24) is 19.2 Å². The predicted octanol–water partition coefficient (Wildman–Crippen LogP) is 3.16. The molecule has 0 bridgehead atoms. The van der Waals surface area contributed by atoms with Gasteiger partial charge in [0.05, 0.1) is 16.8 Å². The van der Waals surface area contributed by atoms with Gasteiger partial charge in [-0.15, -0.1) is 21.8 Å². The summed E-state index contributed by atoms with van der Waals surface area (Å²) >= 11 is 5.98. The SMILES string of the molecule is O=c1c2ccccc2n2c(CCl)nnc2n1CCc1ccc(F)cc1. The maximum Gasteiger partial charge on any atom is 0.262 e. The molecular weight excluding hydrogens is 343 g/mol. The number of aromatic nitrogens is 4. The number of para-hydroxylation sites is 1. The second-order valence-electron chi connectivity index (χ2n) is 5.74. The molecule has 2 heterocycles. The number of rotatable bonds is 4. The van der Waals surface area contributed by atoms with Crippen LogP contribution in [-0.2, 0) is 18.8 Å². The van der Waals surface area contributed by atoms with Gasteiger partial charge in [0.25, 0.3) is 5.56 Å². The molecule has 0 atom stereocenters. The molecule has 25 heavy (non-hydrogen) atoms. The Kier molecular flexibility index (Phi) is 3.97. The van der Waals surface area contributed by atoms with E-state index in [9.17, 15) is 9.18 Å². The second kappa shape index (κ2) is 6.29. The topological polar surface area (TPSA) is 52.2 Å². The van der Waals surface area contributed by atoms with E-state index >= 15 is 0 Å². The van der Waals surface area contributed by atoms with E-state index in [0.717, 1.165) is 11.1 Å². The number of halogens is 2. The molecule has 2 aromatic carbocycles. The van der Waals surface area contributed by atoms with Crippen molar-refractivity contribution in [2.24, 2.45) is 0 Å². The van der Waals surface area contributed by atoms with Gasteiger partial charge in [0, 0.05) is 6.54 Å². The molecule has 0 spiro atoms. The highest BCUT2D eigenvalue weighted by Gasteiger charge is 2.15. The number of hydrogen-bond acceptors (Lipinski definition) is 3. The number of nitrogens with zero attached hydrogens (tertiary/aromatic N) is 4. The van der Waals surface area contributed by atoms with Crippen molar-refractivity contribution in [3.8, 4) is 0 Å². The summed E-state index contributed by atoms with van der Waals surface area (Å²) in [6, 6.07) is 13.6. The standard InChI is InChI=1S/C18H14ClFN4O/c19-11-16-21-22-18-23(10-9-12-5-7-13(20)8-6-12)17(25)14-3-1-2-4-15(14)24(16)18/h1-8H,9-11H2. The van der Waals surface area contributed by atoms with Crippen LogP contribution in [0.3, 0.4) is 0 Å². The fraction of sp³-hybridized carbons (Fsp3) is 0.167. The van der Waals surface area contributed by atoms with Gasteiger partial charge in [0.2, 0.25) is 5.78 Å². The van der Waals surface area contributed by atoms with Crippen LogP contribution in [0.4, 0.5) is 4.39 Å². The smallest absolute Gasteiger partial charge is 0.262 e. The Hall–Kier alpha value is -2.73. The number of benzene rings is 2. The zero-order valence-electron chi connectivity index (χ0n) is 13.2. The van der Waals surface area contributed by atoms with Crippen LogP contribution in [0.25, 0.3) is 16.7 Å². The van der Waals surface area contributed by atoms with Crippen LogP contribution in [0, 0.1) is 5.82 Å². The number of hydrogen-bond donors (Lipinski definition) is 0. The molecule has 0 amide bonds. The highest BCUT2D eigenvalue weighted by atomic mass is 35.5. The number of aryl methyl sites for hydroxylation is 2. The first kappa shape index (κ1) is 15.8. The van der Waals surface area contributed by atoms with E-state index in [1.165, 1.54) is 12.1 Å². The van der Waals surface area contributed by atoms with Crippen LogP contribution in [0.5, 0.6) is 0 Å². The van der Waals surface area contributed by atoms with Crippen LogP contribution >= 0.6 is 11.6 Å². The molecule has 0 aliphatic rings. The molecule has 0 saturated heterocycles. The molecule has 0 fully saturated rings. The van der Waals surface area contributed by atoms with Crippen molar-refractivity contribution in [3.63, 3.8) is 0 Å². The normalized spacial score (nSPS) is 11.4. The van der Waals surface area contributed by atoms with Crippen LogP contribution in [0.2, 0.25) is 0 Å². The highest BCUT2D eigenvalue weighted by molar-refractivity contribution is 6.16. The summed E-state index contributed by atoms with van der Waals surface area (Å²) in [5.41, 5.74) is 1.55. The molecule has 0 aliphatic carbocycles. The van der Waals surface area contributed by atoms with Crippen molar-refractivity contribution in [2.45, 2.75) is 18.8 Å². The van der Waals surface area contributed by atoms with E-state index in [-0.39, 0.29) is 17.3 Å². The molecule has 0 N–H and O–H groups in total. The molecule has 5 nitrogen and oxygen atoms in total. The van der Waals surface area contributed by atoms with E-state index in [1.807, 2.05) is 22.6 Å². The molecule has 4 rings (SSSR count). The lowest BCUT2D eigenvalue weighted by Crippen LogP contribution is -2.24. The molecule has 0 saturated carbocycles. The van der Waals surface area contributed by atoms with Crippen LogP contribution in [0.15, 0.2) is 53.3 Å².